The van der Waals surface area contributed by atoms with Gasteiger partial charge in [-0.3, -0.25) is 4.90 Å². The topological polar surface area (TPSA) is 29.5 Å². The number of ether oxygens (including phenoxy) is 1. The molecule has 0 amide bonds. The highest BCUT2D eigenvalue weighted by Crippen LogP contribution is 2.23. The number of esters is 1. The van der Waals surface area contributed by atoms with Crippen LogP contribution in [0.2, 0.25) is 0 Å². The minimum atomic E-state index is -0.243. The third kappa shape index (κ3) is 4.55. The molecule has 0 bridgehead atoms. The summed E-state index contributed by atoms with van der Waals surface area (Å²) in [6.45, 7) is 7.31. The Morgan fingerprint density at radius 3 is 2.43 bits per heavy atom. The van der Waals surface area contributed by atoms with Crippen molar-refractivity contribution in [2.75, 3.05) is 6.54 Å². The highest BCUT2D eigenvalue weighted by Gasteiger charge is 2.26. The van der Waals surface area contributed by atoms with E-state index >= 15 is 0 Å². The summed E-state index contributed by atoms with van der Waals surface area (Å²) in [5.74, 6) is -0.243. The van der Waals surface area contributed by atoms with E-state index in [4.69, 9.17) is 4.74 Å². The second-order valence-corrected chi connectivity index (χ2v) is 6.96. The summed E-state index contributed by atoms with van der Waals surface area (Å²) in [7, 11) is 0. The molecule has 116 valence electrons. The number of carbonyl (C=O) groups excluding carboxylic acids is 1. The van der Waals surface area contributed by atoms with Crippen molar-refractivity contribution in [3.8, 4) is 0 Å². The Hall–Kier alpha value is -0.870. The van der Waals surface area contributed by atoms with Gasteiger partial charge < -0.3 is 4.74 Å². The Labute approximate surface area is 135 Å². The summed E-state index contributed by atoms with van der Waals surface area (Å²) in [6, 6.07) is 8.42. The van der Waals surface area contributed by atoms with Crippen LogP contribution in [-0.2, 0) is 4.74 Å². The average molecular weight is 354 g/mol. The predicted octanol–water partition coefficient (Wildman–Crippen LogP) is 4.26. The van der Waals surface area contributed by atoms with Gasteiger partial charge in [-0.25, -0.2) is 4.79 Å². The summed E-state index contributed by atoms with van der Waals surface area (Å²) < 4.78 is 6.54. The van der Waals surface area contributed by atoms with Crippen molar-refractivity contribution >= 4 is 21.9 Å². The molecule has 1 fully saturated rings. The molecule has 21 heavy (non-hydrogen) atoms. The molecule has 0 spiro atoms. The smallest absolute Gasteiger partial charge is 0.338 e. The fourth-order valence-electron chi connectivity index (χ4n) is 3.01. The van der Waals surface area contributed by atoms with Gasteiger partial charge in [0.25, 0.3) is 0 Å². The Morgan fingerprint density at radius 1 is 1.29 bits per heavy atom. The molecule has 1 aliphatic heterocycles. The van der Waals surface area contributed by atoms with Crippen LogP contribution in [0.5, 0.6) is 0 Å². The zero-order valence-electron chi connectivity index (χ0n) is 13.0. The molecule has 2 rings (SSSR count). The van der Waals surface area contributed by atoms with Crippen LogP contribution in [-0.4, -0.2) is 35.6 Å². The van der Waals surface area contributed by atoms with Gasteiger partial charge in [-0.2, -0.15) is 0 Å². The summed E-state index contributed by atoms with van der Waals surface area (Å²) in [4.78, 5) is 14.6. The summed E-state index contributed by atoms with van der Waals surface area (Å²) in [5, 5.41) is 0. The number of benzene rings is 1. The monoisotopic (exact) mass is 353 g/mol. The van der Waals surface area contributed by atoms with Crippen molar-refractivity contribution in [3.63, 3.8) is 0 Å². The zero-order valence-corrected chi connectivity index (χ0v) is 14.6. The first-order chi connectivity index (χ1) is 9.97. The highest BCUT2D eigenvalue weighted by molar-refractivity contribution is 9.10. The molecule has 1 heterocycles. The van der Waals surface area contributed by atoms with Crippen LogP contribution in [0.15, 0.2) is 28.7 Å². The van der Waals surface area contributed by atoms with Crippen LogP contribution in [0.4, 0.5) is 0 Å². The number of piperidine rings is 1. The van der Waals surface area contributed by atoms with Gasteiger partial charge in [0.2, 0.25) is 0 Å². The third-order valence-corrected chi connectivity index (χ3v) is 4.76. The second kappa shape index (κ2) is 7.41. The number of nitrogens with zero attached hydrogens (tertiary/aromatic N) is 1. The number of halogens is 1. The standard InChI is InChI=1S/C17H24BrNO2/c1-12-5-4-6-13(2)19(12)11-14(3)21-17(20)15-7-9-16(18)10-8-15/h7-10,12-14H,4-6,11H2,1-3H3/t12-,13-,14-/m0/s1. The predicted molar refractivity (Wildman–Crippen MR) is 88.5 cm³/mol. The molecule has 4 heteroatoms. The van der Waals surface area contributed by atoms with E-state index in [-0.39, 0.29) is 12.1 Å². The molecule has 0 aromatic heterocycles. The van der Waals surface area contributed by atoms with Crippen molar-refractivity contribution in [1.82, 2.24) is 4.90 Å². The van der Waals surface area contributed by atoms with E-state index in [0.29, 0.717) is 17.6 Å². The van der Waals surface area contributed by atoms with Crippen LogP contribution in [0.3, 0.4) is 0 Å². The van der Waals surface area contributed by atoms with E-state index in [1.54, 1.807) is 12.1 Å². The maximum absolute atomic E-state index is 12.1. The van der Waals surface area contributed by atoms with Crippen molar-refractivity contribution in [3.05, 3.63) is 34.3 Å². The molecule has 0 N–H and O–H groups in total. The largest absolute Gasteiger partial charge is 0.458 e. The van der Waals surface area contributed by atoms with Gasteiger partial charge in [-0.1, -0.05) is 22.4 Å². The van der Waals surface area contributed by atoms with Crippen LogP contribution >= 0.6 is 15.9 Å². The molecule has 0 saturated carbocycles. The molecule has 0 aliphatic carbocycles. The van der Waals surface area contributed by atoms with Crippen LogP contribution in [0.1, 0.15) is 50.4 Å². The molecule has 0 unspecified atom stereocenters. The number of carbonyl (C=O) groups is 1. The van der Waals surface area contributed by atoms with Crippen LogP contribution in [0.25, 0.3) is 0 Å². The molecular formula is C17H24BrNO2. The second-order valence-electron chi connectivity index (χ2n) is 6.05. The number of hydrogen-bond acceptors (Lipinski definition) is 3. The maximum atomic E-state index is 12.1. The van der Waals surface area contributed by atoms with E-state index in [1.807, 2.05) is 19.1 Å². The SMILES string of the molecule is C[C@@H](CN1[C@@H](C)CCC[C@@H]1C)OC(=O)c1ccc(Br)cc1. The number of rotatable bonds is 4. The molecule has 3 nitrogen and oxygen atoms in total. The fraction of sp³-hybridized carbons (Fsp3) is 0.588. The van der Waals surface area contributed by atoms with E-state index in [1.165, 1.54) is 19.3 Å². The molecule has 3 atom stereocenters. The minimum Gasteiger partial charge on any atom is -0.458 e. The van der Waals surface area contributed by atoms with Gasteiger partial charge in [-0.15, -0.1) is 0 Å². The van der Waals surface area contributed by atoms with Gasteiger partial charge in [-0.05, 0) is 57.9 Å². The maximum Gasteiger partial charge on any atom is 0.338 e. The first-order valence-corrected chi connectivity index (χ1v) is 8.49. The van der Waals surface area contributed by atoms with E-state index in [0.717, 1.165) is 11.0 Å². The molecule has 1 aromatic carbocycles. The molecule has 1 aromatic rings. The van der Waals surface area contributed by atoms with Gasteiger partial charge in [0.05, 0.1) is 5.56 Å². The zero-order chi connectivity index (χ0) is 15.4. The molecule has 1 saturated heterocycles. The fourth-order valence-corrected chi connectivity index (χ4v) is 3.27. The van der Waals surface area contributed by atoms with Gasteiger partial charge in [0.15, 0.2) is 0 Å². The first-order valence-electron chi connectivity index (χ1n) is 7.69. The Bertz CT molecular complexity index is 464. The van der Waals surface area contributed by atoms with Gasteiger partial charge in [0, 0.05) is 23.1 Å². The Morgan fingerprint density at radius 2 is 1.86 bits per heavy atom. The van der Waals surface area contributed by atoms with Crippen molar-refractivity contribution in [2.45, 2.75) is 58.2 Å². The quantitative estimate of drug-likeness (QED) is 0.757. The van der Waals surface area contributed by atoms with E-state index in [2.05, 4.69) is 34.7 Å². The molecular weight excluding hydrogens is 330 g/mol. The molecule has 1 aliphatic rings. The minimum absolute atomic E-state index is 0.0934. The van der Waals surface area contributed by atoms with Crippen molar-refractivity contribution < 1.29 is 9.53 Å². The Kier molecular flexibility index (Phi) is 5.82. The Balaban J connectivity index is 1.90. The van der Waals surface area contributed by atoms with E-state index in [9.17, 15) is 4.79 Å². The summed E-state index contributed by atoms with van der Waals surface area (Å²) >= 11 is 3.37. The summed E-state index contributed by atoms with van der Waals surface area (Å²) in [5.41, 5.74) is 0.602. The normalized spacial score (nSPS) is 24.6. The van der Waals surface area contributed by atoms with Gasteiger partial charge in [0.1, 0.15) is 6.10 Å². The van der Waals surface area contributed by atoms with Crippen molar-refractivity contribution in [2.24, 2.45) is 0 Å². The summed E-state index contributed by atoms with van der Waals surface area (Å²) in [6.07, 6.45) is 3.67. The lowest BCUT2D eigenvalue weighted by Crippen LogP contribution is -2.47. The van der Waals surface area contributed by atoms with E-state index < -0.39 is 0 Å². The highest BCUT2D eigenvalue weighted by atomic mass is 79.9. The average Bonchev–Trinajstić information content (AvgIpc) is 2.43. The number of likely N-dealkylation sites (tertiary alicyclic amines) is 1. The van der Waals surface area contributed by atoms with Crippen LogP contribution < -0.4 is 0 Å². The lowest BCUT2D eigenvalue weighted by atomic mass is 9.97. The molecule has 0 radical (unpaired) electrons. The van der Waals surface area contributed by atoms with Gasteiger partial charge >= 0.3 is 5.97 Å². The number of hydrogen-bond donors (Lipinski definition) is 0. The lowest BCUT2D eigenvalue weighted by molar-refractivity contribution is 0.00812. The first kappa shape index (κ1) is 16.5. The lowest BCUT2D eigenvalue weighted by Gasteiger charge is -2.40. The van der Waals surface area contributed by atoms with Crippen LogP contribution in [0, 0.1) is 0 Å². The third-order valence-electron chi connectivity index (χ3n) is 4.23. The van der Waals surface area contributed by atoms with Crippen molar-refractivity contribution in [1.29, 1.82) is 0 Å².